The van der Waals surface area contributed by atoms with Crippen molar-refractivity contribution in [3.05, 3.63) is 0 Å². The Morgan fingerprint density at radius 1 is 1.18 bits per heavy atom. The predicted octanol–water partition coefficient (Wildman–Crippen LogP) is 5.21. The molecule has 2 heteroatoms. The van der Waals surface area contributed by atoms with Crippen molar-refractivity contribution in [1.29, 1.82) is 0 Å². The van der Waals surface area contributed by atoms with Gasteiger partial charge in [-0.3, -0.25) is 4.79 Å². The van der Waals surface area contributed by atoms with Gasteiger partial charge >= 0.3 is 5.97 Å². The number of carbonyl (C=O) groups is 1. The van der Waals surface area contributed by atoms with Gasteiger partial charge in [0, 0.05) is 5.41 Å². The van der Waals surface area contributed by atoms with Crippen LogP contribution < -0.4 is 0 Å². The molecular weight excluding hydrogens is 272 g/mol. The molecule has 0 aliphatic heterocycles. The number of ether oxygens (including phenoxy) is 1. The zero-order chi connectivity index (χ0) is 16.3. The maximum atomic E-state index is 12.9. The highest BCUT2D eigenvalue weighted by molar-refractivity contribution is 5.74. The fourth-order valence-corrected chi connectivity index (χ4v) is 6.31. The Labute approximate surface area is 136 Å². The number of hydrogen-bond donors (Lipinski definition) is 0. The van der Waals surface area contributed by atoms with E-state index >= 15 is 0 Å². The fourth-order valence-electron chi connectivity index (χ4n) is 6.31. The molecule has 0 radical (unpaired) electrons. The number of fused-ring (bicyclic) bond motifs is 2. The topological polar surface area (TPSA) is 26.3 Å². The van der Waals surface area contributed by atoms with Crippen LogP contribution in [-0.2, 0) is 9.53 Å². The number of hydrogen-bond acceptors (Lipinski definition) is 2. The van der Waals surface area contributed by atoms with Crippen LogP contribution in [0.2, 0.25) is 0 Å². The maximum absolute atomic E-state index is 12.9. The molecule has 126 valence electrons. The lowest BCUT2D eigenvalue weighted by atomic mass is 9.63. The molecule has 0 N–H and O–H groups in total. The lowest BCUT2D eigenvalue weighted by Crippen LogP contribution is -2.50. The Hall–Kier alpha value is -0.530. The molecule has 3 rings (SSSR count). The van der Waals surface area contributed by atoms with Gasteiger partial charge in [0.05, 0.1) is 5.92 Å². The van der Waals surface area contributed by atoms with Crippen molar-refractivity contribution < 1.29 is 9.53 Å². The average Bonchev–Trinajstić information content (AvgIpc) is 2.95. The minimum absolute atomic E-state index is 0.100. The van der Waals surface area contributed by atoms with E-state index in [2.05, 4.69) is 41.5 Å². The highest BCUT2D eigenvalue weighted by atomic mass is 16.6. The van der Waals surface area contributed by atoms with Gasteiger partial charge < -0.3 is 4.74 Å². The summed E-state index contributed by atoms with van der Waals surface area (Å²) in [5.74, 6) is 2.09. The van der Waals surface area contributed by atoms with E-state index in [0.717, 1.165) is 19.3 Å². The van der Waals surface area contributed by atoms with Crippen LogP contribution in [0.25, 0.3) is 0 Å². The first-order valence-corrected chi connectivity index (χ1v) is 9.40. The summed E-state index contributed by atoms with van der Waals surface area (Å²) in [4.78, 5) is 12.9. The van der Waals surface area contributed by atoms with Gasteiger partial charge in [0.2, 0.25) is 0 Å². The molecule has 3 aliphatic rings. The average molecular weight is 306 g/mol. The van der Waals surface area contributed by atoms with E-state index in [0.29, 0.717) is 17.8 Å². The Balaban J connectivity index is 1.83. The molecule has 0 aromatic rings. The fraction of sp³-hybridized carbons (Fsp3) is 0.950. The Bertz CT molecular complexity index is 468. The summed E-state index contributed by atoms with van der Waals surface area (Å²) in [6.45, 7) is 13.9. The van der Waals surface area contributed by atoms with Crippen molar-refractivity contribution >= 4 is 5.97 Å². The lowest BCUT2D eigenvalue weighted by Gasteiger charge is -2.48. The first-order valence-electron chi connectivity index (χ1n) is 9.40. The van der Waals surface area contributed by atoms with Crippen LogP contribution in [0.5, 0.6) is 0 Å². The summed E-state index contributed by atoms with van der Waals surface area (Å²) < 4.78 is 6.38. The SMILES string of the molecule is CCC1(OC(=O)C2CC(C)CC2C)CC2CCC1(C)C2(C)C. The summed E-state index contributed by atoms with van der Waals surface area (Å²) in [5.41, 5.74) is 0.211. The first-order chi connectivity index (χ1) is 10.2. The van der Waals surface area contributed by atoms with E-state index in [9.17, 15) is 4.79 Å². The molecule has 0 aromatic carbocycles. The summed E-state index contributed by atoms with van der Waals surface area (Å²) in [5, 5.41) is 0. The van der Waals surface area contributed by atoms with Gasteiger partial charge in [-0.05, 0) is 61.7 Å². The molecule has 3 fully saturated rings. The molecule has 3 saturated carbocycles. The third-order valence-electron chi connectivity index (χ3n) is 8.30. The van der Waals surface area contributed by atoms with Crippen LogP contribution in [0, 0.1) is 34.5 Å². The minimum Gasteiger partial charge on any atom is -0.458 e. The molecule has 0 amide bonds. The van der Waals surface area contributed by atoms with Crippen LogP contribution in [0.15, 0.2) is 0 Å². The van der Waals surface area contributed by atoms with Gasteiger partial charge in [-0.15, -0.1) is 0 Å². The molecule has 6 unspecified atom stereocenters. The molecule has 0 heterocycles. The maximum Gasteiger partial charge on any atom is 0.309 e. The predicted molar refractivity (Wildman–Crippen MR) is 89.4 cm³/mol. The van der Waals surface area contributed by atoms with E-state index in [1.54, 1.807) is 0 Å². The van der Waals surface area contributed by atoms with Crippen molar-refractivity contribution in [3.8, 4) is 0 Å². The third kappa shape index (κ3) is 1.94. The van der Waals surface area contributed by atoms with Crippen molar-refractivity contribution in [2.45, 2.75) is 85.7 Å². The van der Waals surface area contributed by atoms with Crippen molar-refractivity contribution in [1.82, 2.24) is 0 Å². The van der Waals surface area contributed by atoms with Gasteiger partial charge in [-0.25, -0.2) is 0 Å². The van der Waals surface area contributed by atoms with Crippen LogP contribution in [0.4, 0.5) is 0 Å². The lowest BCUT2D eigenvalue weighted by molar-refractivity contribution is -0.186. The smallest absolute Gasteiger partial charge is 0.309 e. The summed E-state index contributed by atoms with van der Waals surface area (Å²) in [6, 6.07) is 0. The largest absolute Gasteiger partial charge is 0.458 e. The molecule has 0 saturated heterocycles. The molecule has 6 atom stereocenters. The van der Waals surface area contributed by atoms with Gasteiger partial charge in [-0.1, -0.05) is 41.5 Å². The molecule has 2 bridgehead atoms. The zero-order valence-electron chi connectivity index (χ0n) is 15.4. The van der Waals surface area contributed by atoms with E-state index in [1.165, 1.54) is 19.3 Å². The van der Waals surface area contributed by atoms with E-state index in [4.69, 9.17) is 4.74 Å². The minimum atomic E-state index is -0.220. The van der Waals surface area contributed by atoms with Gasteiger partial charge in [0.1, 0.15) is 5.60 Å². The van der Waals surface area contributed by atoms with Gasteiger partial charge in [0.15, 0.2) is 0 Å². The number of rotatable bonds is 3. The van der Waals surface area contributed by atoms with Crippen molar-refractivity contribution in [2.24, 2.45) is 34.5 Å². The second-order valence-corrected chi connectivity index (χ2v) is 9.42. The molecule has 0 spiro atoms. The summed E-state index contributed by atoms with van der Waals surface area (Å²) >= 11 is 0. The third-order valence-corrected chi connectivity index (χ3v) is 8.30. The highest BCUT2D eigenvalue weighted by Gasteiger charge is 2.70. The zero-order valence-corrected chi connectivity index (χ0v) is 15.4. The normalized spacial score (nSPS) is 49.5. The molecule has 3 aliphatic carbocycles. The van der Waals surface area contributed by atoms with E-state index in [1.807, 2.05) is 0 Å². The van der Waals surface area contributed by atoms with Crippen LogP contribution in [0.1, 0.15) is 80.1 Å². The Morgan fingerprint density at radius 3 is 2.27 bits per heavy atom. The second kappa shape index (κ2) is 4.98. The molecule has 2 nitrogen and oxygen atoms in total. The van der Waals surface area contributed by atoms with Gasteiger partial charge in [0.25, 0.3) is 0 Å². The standard InChI is InChI=1S/C20H34O2/c1-7-20(12-15-8-9-19(20,6)18(15,4)5)22-17(21)16-11-13(2)10-14(16)3/h13-16H,7-12H2,1-6H3. The quantitative estimate of drug-likeness (QED) is 0.669. The summed E-state index contributed by atoms with van der Waals surface area (Å²) in [7, 11) is 0. The van der Waals surface area contributed by atoms with Crippen LogP contribution in [-0.4, -0.2) is 11.6 Å². The van der Waals surface area contributed by atoms with Gasteiger partial charge in [-0.2, -0.15) is 0 Å². The number of carbonyl (C=O) groups excluding carboxylic acids is 1. The van der Waals surface area contributed by atoms with E-state index < -0.39 is 0 Å². The van der Waals surface area contributed by atoms with Crippen molar-refractivity contribution in [2.75, 3.05) is 0 Å². The number of esters is 1. The Morgan fingerprint density at radius 2 is 1.86 bits per heavy atom. The molecular formula is C20H34O2. The van der Waals surface area contributed by atoms with Crippen LogP contribution >= 0.6 is 0 Å². The van der Waals surface area contributed by atoms with E-state index in [-0.39, 0.29) is 28.3 Å². The van der Waals surface area contributed by atoms with Crippen molar-refractivity contribution in [3.63, 3.8) is 0 Å². The monoisotopic (exact) mass is 306 g/mol. The first kappa shape index (κ1) is 16.3. The second-order valence-electron chi connectivity index (χ2n) is 9.42. The molecule has 0 aromatic heterocycles. The highest BCUT2D eigenvalue weighted by Crippen LogP contribution is 2.71. The summed E-state index contributed by atoms with van der Waals surface area (Å²) in [6.07, 6.45) is 6.75. The Kier molecular flexibility index (Phi) is 3.70. The van der Waals surface area contributed by atoms with Crippen LogP contribution in [0.3, 0.4) is 0 Å². The molecule has 22 heavy (non-hydrogen) atoms.